The molecule has 2 aromatic rings. The summed E-state index contributed by atoms with van der Waals surface area (Å²) in [5.41, 5.74) is 5.14. The molecule has 0 spiro atoms. The molecule has 4 heterocycles. The highest BCUT2D eigenvalue weighted by Crippen LogP contribution is 2.36. The number of piperidine rings is 1. The van der Waals surface area contributed by atoms with Gasteiger partial charge in [-0.3, -0.25) is 14.4 Å². The van der Waals surface area contributed by atoms with E-state index in [9.17, 15) is 31.5 Å². The lowest BCUT2D eigenvalue weighted by atomic mass is 9.97. The summed E-state index contributed by atoms with van der Waals surface area (Å²) in [5, 5.41) is 15.7. The number of carbonyl (C=O) groups is 1. The number of hydrogen-bond donors (Lipinski definition) is 2. The molecule has 15 heteroatoms. The van der Waals surface area contributed by atoms with Crippen LogP contribution in [0.2, 0.25) is 0 Å². The van der Waals surface area contributed by atoms with Crippen molar-refractivity contribution in [1.29, 1.82) is 0 Å². The van der Waals surface area contributed by atoms with Crippen LogP contribution in [0.3, 0.4) is 0 Å². The van der Waals surface area contributed by atoms with E-state index in [0.717, 1.165) is 70.6 Å². The molecule has 5 rings (SSSR count). The first kappa shape index (κ1) is 30.9. The zero-order valence-electron chi connectivity index (χ0n) is 23.5. The Morgan fingerprint density at radius 3 is 2.45 bits per heavy atom. The molecule has 0 aliphatic carbocycles. The van der Waals surface area contributed by atoms with Crippen LogP contribution in [0.25, 0.3) is 11.3 Å². The van der Waals surface area contributed by atoms with Crippen molar-refractivity contribution in [3.63, 3.8) is 0 Å². The van der Waals surface area contributed by atoms with Gasteiger partial charge < -0.3 is 20.5 Å². The second kappa shape index (κ2) is 12.2. The topological polar surface area (TPSA) is 134 Å². The molecule has 1 aromatic heterocycles. The summed E-state index contributed by atoms with van der Waals surface area (Å²) >= 11 is 0. The van der Waals surface area contributed by atoms with Crippen molar-refractivity contribution < 1.29 is 36.2 Å². The number of hydrogen-bond acceptors (Lipinski definition) is 8. The second-order valence-electron chi connectivity index (χ2n) is 11.3. The largest absolute Gasteiger partial charge is 0.417 e. The summed E-state index contributed by atoms with van der Waals surface area (Å²) in [6.07, 6.45) is -2.14. The standard InChI is InChI=1S/C27H37F3N6O5S/c1-42(39,40)35-9-6-24-22(17-35)25(18-2-3-23(27(28,29)30)21(14-18)26(31)38)32-36(24)16-20(37)15-33-7-4-19(5-8-33)34-10-12-41-13-11-34/h2-3,14,19-20,37H,4-13,15-17H2,1H3,(H2,31,38). The van der Waals surface area contributed by atoms with E-state index in [0.29, 0.717) is 30.3 Å². The maximum absolute atomic E-state index is 13.5. The van der Waals surface area contributed by atoms with Crippen molar-refractivity contribution in [1.82, 2.24) is 23.9 Å². The highest BCUT2D eigenvalue weighted by Gasteiger charge is 2.36. The van der Waals surface area contributed by atoms with Crippen molar-refractivity contribution in [2.75, 3.05) is 58.7 Å². The molecule has 1 aromatic carbocycles. The van der Waals surface area contributed by atoms with Gasteiger partial charge in [-0.2, -0.15) is 22.6 Å². The van der Waals surface area contributed by atoms with E-state index in [4.69, 9.17) is 10.5 Å². The average molecular weight is 615 g/mol. The number of aromatic nitrogens is 2. The number of β-amino-alcohol motifs (C(OH)–C–C–N with tert-alkyl or cyclic N) is 1. The molecule has 0 saturated carbocycles. The van der Waals surface area contributed by atoms with Crippen LogP contribution in [0.5, 0.6) is 0 Å². The lowest BCUT2D eigenvalue weighted by Crippen LogP contribution is -2.50. The second-order valence-corrected chi connectivity index (χ2v) is 13.2. The van der Waals surface area contributed by atoms with Gasteiger partial charge in [-0.05, 0) is 38.1 Å². The minimum Gasteiger partial charge on any atom is -0.390 e. The van der Waals surface area contributed by atoms with Gasteiger partial charge >= 0.3 is 6.18 Å². The number of fused-ring (bicyclic) bond motifs is 1. The number of rotatable bonds is 8. The number of aliphatic hydroxyl groups is 1. The number of amides is 1. The number of ether oxygens (including phenoxy) is 1. The predicted molar refractivity (Wildman–Crippen MR) is 148 cm³/mol. The van der Waals surface area contributed by atoms with E-state index in [1.54, 1.807) is 4.68 Å². The van der Waals surface area contributed by atoms with Crippen molar-refractivity contribution >= 4 is 15.9 Å². The minimum absolute atomic E-state index is 0.0262. The molecule has 1 unspecified atom stereocenters. The van der Waals surface area contributed by atoms with Gasteiger partial charge in [0.25, 0.3) is 0 Å². The van der Waals surface area contributed by atoms with Crippen molar-refractivity contribution in [3.8, 4) is 11.3 Å². The Bertz CT molecular complexity index is 1400. The quantitative estimate of drug-likeness (QED) is 0.453. The normalized spacial score (nSPS) is 20.9. The lowest BCUT2D eigenvalue weighted by Gasteiger charge is -2.40. The maximum atomic E-state index is 13.5. The van der Waals surface area contributed by atoms with Crippen LogP contribution in [0, 0.1) is 0 Å². The third kappa shape index (κ3) is 6.81. The summed E-state index contributed by atoms with van der Waals surface area (Å²) in [7, 11) is -3.55. The third-order valence-electron chi connectivity index (χ3n) is 8.40. The first-order valence-electron chi connectivity index (χ1n) is 14.1. The van der Waals surface area contributed by atoms with Crippen LogP contribution in [0.15, 0.2) is 18.2 Å². The molecule has 1 amide bonds. The number of likely N-dealkylation sites (tertiary alicyclic amines) is 1. The summed E-state index contributed by atoms with van der Waals surface area (Å²) in [4.78, 5) is 16.6. The Morgan fingerprint density at radius 2 is 1.83 bits per heavy atom. The molecular formula is C27H37F3N6O5S. The lowest BCUT2D eigenvalue weighted by molar-refractivity contribution is -0.137. The Labute approximate surface area is 243 Å². The number of primary amides is 1. The van der Waals surface area contributed by atoms with Crippen LogP contribution in [-0.2, 0) is 40.4 Å². The Hall–Kier alpha value is -2.56. The van der Waals surface area contributed by atoms with Crippen LogP contribution >= 0.6 is 0 Å². The van der Waals surface area contributed by atoms with Gasteiger partial charge in [0.15, 0.2) is 0 Å². The number of alkyl halides is 3. The molecule has 232 valence electrons. The van der Waals surface area contributed by atoms with Gasteiger partial charge in [-0.15, -0.1) is 0 Å². The molecule has 2 fully saturated rings. The molecule has 3 N–H and O–H groups in total. The van der Waals surface area contributed by atoms with Gasteiger partial charge in [-0.1, -0.05) is 6.07 Å². The van der Waals surface area contributed by atoms with E-state index in [1.165, 1.54) is 10.4 Å². The number of sulfonamides is 1. The smallest absolute Gasteiger partial charge is 0.390 e. The van der Waals surface area contributed by atoms with Gasteiger partial charge in [0.2, 0.25) is 15.9 Å². The molecule has 0 radical (unpaired) electrons. The van der Waals surface area contributed by atoms with Gasteiger partial charge in [0.05, 0.1) is 48.9 Å². The highest BCUT2D eigenvalue weighted by molar-refractivity contribution is 7.88. The van der Waals surface area contributed by atoms with E-state index >= 15 is 0 Å². The number of halogens is 3. The Kier molecular flexibility index (Phi) is 8.98. The van der Waals surface area contributed by atoms with Crippen LogP contribution in [0.1, 0.15) is 40.0 Å². The molecule has 42 heavy (non-hydrogen) atoms. The van der Waals surface area contributed by atoms with Crippen molar-refractivity contribution in [3.05, 3.63) is 40.6 Å². The highest BCUT2D eigenvalue weighted by atomic mass is 32.2. The first-order valence-corrected chi connectivity index (χ1v) is 15.9. The van der Waals surface area contributed by atoms with Crippen LogP contribution in [-0.4, -0.2) is 114 Å². The maximum Gasteiger partial charge on any atom is 0.417 e. The summed E-state index contributed by atoms with van der Waals surface area (Å²) in [6, 6.07) is 3.55. The zero-order chi connectivity index (χ0) is 30.2. The number of nitrogens with two attached hydrogens (primary N) is 1. The number of benzene rings is 1. The molecule has 0 bridgehead atoms. The van der Waals surface area contributed by atoms with Gasteiger partial charge in [-0.25, -0.2) is 8.42 Å². The zero-order valence-corrected chi connectivity index (χ0v) is 24.3. The molecule has 3 aliphatic rings. The van der Waals surface area contributed by atoms with E-state index in [1.807, 2.05) is 0 Å². The minimum atomic E-state index is -4.78. The molecule has 3 aliphatic heterocycles. The molecular weight excluding hydrogens is 577 g/mol. The number of carbonyl (C=O) groups excluding carboxylic acids is 1. The fraction of sp³-hybridized carbons (Fsp3) is 0.630. The molecule has 1 atom stereocenters. The number of morpholine rings is 1. The van der Waals surface area contributed by atoms with Crippen molar-refractivity contribution in [2.45, 2.75) is 50.7 Å². The van der Waals surface area contributed by atoms with E-state index in [-0.39, 0.29) is 30.9 Å². The monoisotopic (exact) mass is 614 g/mol. The first-order chi connectivity index (χ1) is 19.8. The SMILES string of the molecule is CS(=O)(=O)N1CCc2c(c(-c3ccc(C(F)(F)F)c(C(N)=O)c3)nn2CC(O)CN2CCC(N3CCOCC3)CC2)C1. The summed E-state index contributed by atoms with van der Waals surface area (Å²) < 4.78 is 73.6. The van der Waals surface area contributed by atoms with Crippen molar-refractivity contribution in [2.24, 2.45) is 5.73 Å². The average Bonchev–Trinajstić information content (AvgIpc) is 3.30. The fourth-order valence-corrected chi connectivity index (χ4v) is 7.03. The fourth-order valence-electron chi connectivity index (χ4n) is 6.24. The Balaban J connectivity index is 1.36. The summed E-state index contributed by atoms with van der Waals surface area (Å²) in [5.74, 6) is -1.23. The van der Waals surface area contributed by atoms with E-state index < -0.39 is 39.3 Å². The van der Waals surface area contributed by atoms with Crippen LogP contribution < -0.4 is 5.73 Å². The predicted octanol–water partition coefficient (Wildman–Crippen LogP) is 1.14. The molecule has 2 saturated heterocycles. The number of nitrogens with zero attached hydrogens (tertiary/aromatic N) is 5. The Morgan fingerprint density at radius 1 is 1.14 bits per heavy atom. The van der Waals surface area contributed by atoms with Crippen LogP contribution in [0.4, 0.5) is 13.2 Å². The number of aliphatic hydroxyl groups excluding tert-OH is 1. The summed E-state index contributed by atoms with van der Waals surface area (Å²) in [6.45, 7) is 5.85. The molecule has 11 nitrogen and oxygen atoms in total. The van der Waals surface area contributed by atoms with Gasteiger partial charge in [0, 0.05) is 62.0 Å². The third-order valence-corrected chi connectivity index (χ3v) is 9.65. The van der Waals surface area contributed by atoms with Gasteiger partial charge in [0.1, 0.15) is 0 Å². The van der Waals surface area contributed by atoms with E-state index in [2.05, 4.69) is 14.9 Å².